The van der Waals surface area contributed by atoms with E-state index in [1.165, 1.54) is 0 Å². The van der Waals surface area contributed by atoms with Crippen LogP contribution in [-0.4, -0.2) is 47.9 Å². The molecule has 2 aromatic rings. The van der Waals surface area contributed by atoms with Gasteiger partial charge < -0.3 is 21.0 Å². The second-order valence-corrected chi connectivity index (χ2v) is 7.58. The predicted molar refractivity (Wildman–Crippen MR) is 111 cm³/mol. The number of alkyl halides is 3. The van der Waals surface area contributed by atoms with Crippen molar-refractivity contribution in [2.24, 2.45) is 5.92 Å². The zero-order valence-electron chi connectivity index (χ0n) is 17.5. The van der Waals surface area contributed by atoms with Crippen LogP contribution in [0.15, 0.2) is 30.3 Å². The summed E-state index contributed by atoms with van der Waals surface area (Å²) in [7, 11) is 0. The highest BCUT2D eigenvalue weighted by atomic mass is 19.4. The van der Waals surface area contributed by atoms with E-state index in [9.17, 15) is 35.9 Å². The molecule has 0 saturated heterocycles. The molecule has 0 saturated carbocycles. The van der Waals surface area contributed by atoms with E-state index < -0.39 is 76.6 Å². The van der Waals surface area contributed by atoms with Gasteiger partial charge in [-0.3, -0.25) is 9.59 Å². The van der Waals surface area contributed by atoms with Crippen LogP contribution in [0.5, 0.6) is 0 Å². The minimum absolute atomic E-state index is 0.142. The monoisotopic (exact) mass is 495 g/mol. The van der Waals surface area contributed by atoms with Crippen molar-refractivity contribution in [3.63, 3.8) is 0 Å². The molecule has 3 rings (SSSR count). The first kappa shape index (κ1) is 25.4. The fraction of sp³-hybridized carbons (Fsp3) is 0.227. The normalized spacial score (nSPS) is 18.3. The summed E-state index contributed by atoms with van der Waals surface area (Å²) in [5.41, 5.74) is -1.75. The molecule has 1 aliphatic rings. The number of benzene rings is 2. The van der Waals surface area contributed by atoms with Gasteiger partial charge in [0, 0.05) is 29.6 Å². The first-order valence-electron chi connectivity index (χ1n) is 9.80. The van der Waals surface area contributed by atoms with Gasteiger partial charge in [-0.25, -0.2) is 13.2 Å². The SMILES string of the molecule is N#Cc1cc(NC(=O)[C@H]2c3cc(F)c(F)cc3C(=O)N(CC(F)(F)F)[C@@H]2C(C=N)C=N)ccc1F. The second kappa shape index (κ2) is 9.57. The first-order chi connectivity index (χ1) is 16.4. The molecule has 7 nitrogen and oxygen atoms in total. The summed E-state index contributed by atoms with van der Waals surface area (Å²) in [5.74, 6) is -9.72. The molecule has 3 N–H and O–H groups in total. The van der Waals surface area contributed by atoms with E-state index in [1.807, 2.05) is 0 Å². The molecule has 0 spiro atoms. The van der Waals surface area contributed by atoms with Gasteiger partial charge in [-0.05, 0) is 35.9 Å². The lowest BCUT2D eigenvalue weighted by Crippen LogP contribution is -2.57. The van der Waals surface area contributed by atoms with Crippen LogP contribution in [0.25, 0.3) is 0 Å². The summed E-state index contributed by atoms with van der Waals surface area (Å²) >= 11 is 0. The number of halogens is 6. The number of anilines is 1. The van der Waals surface area contributed by atoms with Gasteiger partial charge in [-0.2, -0.15) is 18.4 Å². The van der Waals surface area contributed by atoms with Gasteiger partial charge in [0.2, 0.25) is 5.91 Å². The molecule has 182 valence electrons. The van der Waals surface area contributed by atoms with Crippen LogP contribution in [0.2, 0.25) is 0 Å². The maximum atomic E-state index is 14.1. The first-order valence-corrected chi connectivity index (χ1v) is 9.80. The van der Waals surface area contributed by atoms with Crippen LogP contribution in [0.1, 0.15) is 27.4 Å². The Hall–Kier alpha value is -4.21. The Kier molecular flexibility index (Phi) is 6.95. The number of nitrogens with one attached hydrogen (secondary N) is 3. The number of rotatable bonds is 6. The van der Waals surface area contributed by atoms with Gasteiger partial charge in [-0.15, -0.1) is 0 Å². The van der Waals surface area contributed by atoms with Crippen LogP contribution in [0.4, 0.5) is 32.0 Å². The van der Waals surface area contributed by atoms with E-state index in [0.717, 1.165) is 18.2 Å². The Morgan fingerprint density at radius 1 is 1.11 bits per heavy atom. The fourth-order valence-electron chi connectivity index (χ4n) is 3.91. The van der Waals surface area contributed by atoms with Crippen molar-refractivity contribution in [3.8, 4) is 6.07 Å². The largest absolute Gasteiger partial charge is 0.406 e. The van der Waals surface area contributed by atoms with E-state index in [1.54, 1.807) is 6.07 Å². The third-order valence-electron chi connectivity index (χ3n) is 5.39. The number of hydrogen-bond donors (Lipinski definition) is 3. The number of fused-ring (bicyclic) bond motifs is 1. The van der Waals surface area contributed by atoms with E-state index >= 15 is 0 Å². The van der Waals surface area contributed by atoms with Gasteiger partial charge in [0.15, 0.2) is 11.6 Å². The zero-order chi connectivity index (χ0) is 26.1. The van der Waals surface area contributed by atoms with Gasteiger partial charge in [0.25, 0.3) is 5.91 Å². The number of nitriles is 1. The average molecular weight is 495 g/mol. The fourth-order valence-corrected chi connectivity index (χ4v) is 3.91. The molecule has 13 heteroatoms. The summed E-state index contributed by atoms with van der Waals surface area (Å²) in [6.45, 7) is -1.90. The van der Waals surface area contributed by atoms with E-state index in [-0.39, 0.29) is 10.6 Å². The summed E-state index contributed by atoms with van der Waals surface area (Å²) in [5, 5.41) is 26.3. The average Bonchev–Trinajstić information content (AvgIpc) is 2.79. The van der Waals surface area contributed by atoms with Gasteiger partial charge in [0.1, 0.15) is 18.4 Å². The number of carbonyl (C=O) groups is 2. The Bertz CT molecular complexity index is 1250. The van der Waals surface area contributed by atoms with Gasteiger partial charge in [0.05, 0.1) is 17.5 Å². The molecule has 2 atom stereocenters. The smallest absolute Gasteiger partial charge is 0.325 e. The molecule has 0 bridgehead atoms. The lowest BCUT2D eigenvalue weighted by atomic mass is 9.77. The van der Waals surface area contributed by atoms with Crippen molar-refractivity contribution in [2.45, 2.75) is 18.1 Å². The standard InChI is InChI=1S/C22H15F6N5O2/c23-15-2-1-12(3-10(15)6-29)32-20(34)18-13-4-16(24)17(25)5-14(13)21(35)33(9-22(26,27)28)19(18)11(7-30)8-31/h1-5,7-8,11,18-19,30-31H,9H2,(H,32,34)/t11?,18-,19+/m0/s1. The molecular formula is C22H15F6N5O2. The molecule has 0 aliphatic carbocycles. The minimum Gasteiger partial charge on any atom is -0.325 e. The van der Waals surface area contributed by atoms with Crippen LogP contribution >= 0.6 is 0 Å². The van der Waals surface area contributed by atoms with Gasteiger partial charge >= 0.3 is 6.18 Å². The van der Waals surface area contributed by atoms with Crippen molar-refractivity contribution in [2.75, 3.05) is 11.9 Å². The molecule has 2 amide bonds. The van der Waals surface area contributed by atoms with Crippen LogP contribution < -0.4 is 5.32 Å². The lowest BCUT2D eigenvalue weighted by Gasteiger charge is -2.43. The topological polar surface area (TPSA) is 121 Å². The number of nitrogens with zero attached hydrogens (tertiary/aromatic N) is 2. The van der Waals surface area contributed by atoms with E-state index in [2.05, 4.69) is 5.32 Å². The second-order valence-electron chi connectivity index (χ2n) is 7.58. The summed E-state index contributed by atoms with van der Waals surface area (Å²) in [6, 6.07) is 3.47. The lowest BCUT2D eigenvalue weighted by molar-refractivity contribution is -0.148. The molecule has 2 aromatic carbocycles. The summed E-state index contributed by atoms with van der Waals surface area (Å²) in [4.78, 5) is 26.4. The number of amides is 2. The number of hydrogen-bond acceptors (Lipinski definition) is 5. The van der Waals surface area contributed by atoms with Crippen molar-refractivity contribution in [3.05, 3.63) is 64.5 Å². The molecular weight excluding hydrogens is 480 g/mol. The maximum Gasteiger partial charge on any atom is 0.406 e. The van der Waals surface area contributed by atoms with Crippen molar-refractivity contribution < 1.29 is 35.9 Å². The molecule has 0 radical (unpaired) electrons. The quantitative estimate of drug-likeness (QED) is 0.415. The summed E-state index contributed by atoms with van der Waals surface area (Å²) < 4.78 is 81.8. The third kappa shape index (κ3) is 5.01. The Balaban J connectivity index is 2.21. The van der Waals surface area contributed by atoms with Crippen LogP contribution in [0.3, 0.4) is 0 Å². The third-order valence-corrected chi connectivity index (χ3v) is 5.39. The Morgan fingerprint density at radius 3 is 2.31 bits per heavy atom. The van der Waals surface area contributed by atoms with Gasteiger partial charge in [-0.1, -0.05) is 0 Å². The summed E-state index contributed by atoms with van der Waals surface area (Å²) in [6.07, 6.45) is -3.88. The molecule has 1 aliphatic heterocycles. The molecule has 0 unspecified atom stereocenters. The molecule has 35 heavy (non-hydrogen) atoms. The number of carbonyl (C=O) groups excluding carboxylic acids is 2. The molecule has 0 aromatic heterocycles. The Morgan fingerprint density at radius 2 is 1.74 bits per heavy atom. The van der Waals surface area contributed by atoms with E-state index in [0.29, 0.717) is 24.6 Å². The highest BCUT2D eigenvalue weighted by Crippen LogP contribution is 2.39. The predicted octanol–water partition coefficient (Wildman–Crippen LogP) is 4.00. The maximum absolute atomic E-state index is 14.1. The van der Waals surface area contributed by atoms with Crippen molar-refractivity contribution in [1.29, 1.82) is 16.1 Å². The van der Waals surface area contributed by atoms with Crippen molar-refractivity contribution >= 4 is 29.9 Å². The highest BCUT2D eigenvalue weighted by Gasteiger charge is 2.49. The Labute approximate surface area is 194 Å². The molecule has 1 heterocycles. The van der Waals surface area contributed by atoms with Crippen LogP contribution in [-0.2, 0) is 4.79 Å². The van der Waals surface area contributed by atoms with Crippen LogP contribution in [0, 0.1) is 45.5 Å². The highest BCUT2D eigenvalue weighted by molar-refractivity contribution is 6.05. The van der Waals surface area contributed by atoms with Crippen molar-refractivity contribution in [1.82, 2.24) is 4.90 Å². The van der Waals surface area contributed by atoms with E-state index in [4.69, 9.17) is 16.1 Å². The zero-order valence-corrected chi connectivity index (χ0v) is 17.5. The molecule has 0 fully saturated rings. The minimum atomic E-state index is -4.97.